The molecular formula is C23H44N6O8. The van der Waals surface area contributed by atoms with Gasteiger partial charge < -0.3 is 48.1 Å². The highest BCUT2D eigenvalue weighted by atomic mass is 16.4. The lowest BCUT2D eigenvalue weighted by Gasteiger charge is -2.28. The van der Waals surface area contributed by atoms with E-state index in [1.165, 1.54) is 20.8 Å². The molecular weight excluding hydrogens is 488 g/mol. The standard InChI is InChI=1S/C23H44N6O8/c1-11(2)10-16(27-22(35)17(13(4)30)28-19(32)12(3)25)20(33)29-18(14(5)31)21(34)26-15(23(36)37)8-6-7-9-24/h11-18,30-31H,6-10,24-25H2,1-5H3,(H,26,34)(H,27,35)(H,28,32)(H,29,33)(H,36,37)/t12-,13+,14+,15-,16-,17-,18-/m0/s1. The van der Waals surface area contributed by atoms with Crippen LogP contribution >= 0.6 is 0 Å². The Morgan fingerprint density at radius 1 is 0.703 bits per heavy atom. The van der Waals surface area contributed by atoms with E-state index in [9.17, 15) is 39.3 Å². The zero-order valence-electron chi connectivity index (χ0n) is 22.2. The zero-order valence-corrected chi connectivity index (χ0v) is 22.2. The van der Waals surface area contributed by atoms with E-state index >= 15 is 0 Å². The lowest BCUT2D eigenvalue weighted by Crippen LogP contribution is -2.61. The SMILES string of the molecule is CC(C)C[C@H](NC(=O)[C@@H](NC(=O)[C@H](C)N)[C@@H](C)O)C(=O)N[C@H](C(=O)N[C@@H](CCCCN)C(=O)O)[C@@H](C)O. The van der Waals surface area contributed by atoms with Gasteiger partial charge in [-0.25, -0.2) is 4.79 Å². The lowest BCUT2D eigenvalue weighted by atomic mass is 10.0. The molecule has 0 aromatic heterocycles. The normalized spacial score (nSPS) is 16.9. The van der Waals surface area contributed by atoms with Gasteiger partial charge in [0.1, 0.15) is 24.2 Å². The summed E-state index contributed by atoms with van der Waals surface area (Å²) in [4.78, 5) is 62.1. The number of carbonyl (C=O) groups is 5. The smallest absolute Gasteiger partial charge is 0.326 e. The first-order valence-corrected chi connectivity index (χ1v) is 12.4. The summed E-state index contributed by atoms with van der Waals surface area (Å²) in [6, 6.07) is -6.31. The lowest BCUT2D eigenvalue weighted by molar-refractivity contribution is -0.143. The minimum Gasteiger partial charge on any atom is -0.480 e. The molecule has 0 rings (SSSR count). The highest BCUT2D eigenvalue weighted by Gasteiger charge is 2.34. The summed E-state index contributed by atoms with van der Waals surface area (Å²) < 4.78 is 0. The van der Waals surface area contributed by atoms with Crippen LogP contribution in [0.4, 0.5) is 0 Å². The maximum absolute atomic E-state index is 13.1. The molecule has 14 nitrogen and oxygen atoms in total. The molecule has 0 radical (unpaired) electrons. The van der Waals surface area contributed by atoms with Gasteiger partial charge in [0, 0.05) is 0 Å². The molecule has 0 spiro atoms. The summed E-state index contributed by atoms with van der Waals surface area (Å²) >= 11 is 0. The van der Waals surface area contributed by atoms with Crippen LogP contribution in [0.25, 0.3) is 0 Å². The monoisotopic (exact) mass is 532 g/mol. The molecule has 4 amide bonds. The van der Waals surface area contributed by atoms with Crippen LogP contribution in [-0.2, 0) is 24.0 Å². The van der Waals surface area contributed by atoms with Gasteiger partial charge in [0.25, 0.3) is 0 Å². The number of carboxylic acids is 1. The Hall–Kier alpha value is -2.81. The maximum Gasteiger partial charge on any atom is 0.326 e. The minimum absolute atomic E-state index is 0.0996. The van der Waals surface area contributed by atoms with Crippen molar-refractivity contribution in [1.29, 1.82) is 0 Å². The fourth-order valence-electron chi connectivity index (χ4n) is 3.33. The van der Waals surface area contributed by atoms with Gasteiger partial charge in [0.05, 0.1) is 18.2 Å². The van der Waals surface area contributed by atoms with E-state index in [0.717, 1.165) is 0 Å². The van der Waals surface area contributed by atoms with Gasteiger partial charge in [-0.3, -0.25) is 19.2 Å². The summed E-state index contributed by atoms with van der Waals surface area (Å²) in [5.41, 5.74) is 10.9. The van der Waals surface area contributed by atoms with Crippen molar-refractivity contribution in [2.75, 3.05) is 6.54 Å². The van der Waals surface area contributed by atoms with E-state index in [1.807, 2.05) is 0 Å². The first kappa shape index (κ1) is 34.2. The number of rotatable bonds is 17. The van der Waals surface area contributed by atoms with Crippen molar-refractivity contribution in [1.82, 2.24) is 21.3 Å². The average Bonchev–Trinajstić information content (AvgIpc) is 2.78. The molecule has 0 aliphatic heterocycles. The second kappa shape index (κ2) is 16.8. The summed E-state index contributed by atoms with van der Waals surface area (Å²) in [6.45, 7) is 7.86. The van der Waals surface area contributed by atoms with Crippen molar-refractivity contribution in [2.45, 2.75) is 103 Å². The molecule has 0 saturated heterocycles. The number of hydrogen-bond donors (Lipinski definition) is 9. The molecule has 0 aromatic rings. The van der Waals surface area contributed by atoms with Crippen LogP contribution in [-0.4, -0.2) is 93.9 Å². The van der Waals surface area contributed by atoms with Gasteiger partial charge in [-0.15, -0.1) is 0 Å². The topological polar surface area (TPSA) is 246 Å². The number of amides is 4. The summed E-state index contributed by atoms with van der Waals surface area (Å²) in [5.74, 6) is -4.64. The number of hydrogen-bond acceptors (Lipinski definition) is 9. The Balaban J connectivity index is 5.63. The van der Waals surface area contributed by atoms with Crippen LogP contribution in [0.3, 0.4) is 0 Å². The van der Waals surface area contributed by atoms with Crippen LogP contribution in [0.2, 0.25) is 0 Å². The van der Waals surface area contributed by atoms with E-state index in [2.05, 4.69) is 21.3 Å². The Kier molecular flexibility index (Phi) is 15.6. The number of carboxylic acid groups (broad SMARTS) is 1. The molecule has 0 bridgehead atoms. The number of nitrogens with two attached hydrogens (primary N) is 2. The van der Waals surface area contributed by atoms with Crippen LogP contribution in [0.5, 0.6) is 0 Å². The molecule has 11 N–H and O–H groups in total. The molecule has 0 saturated carbocycles. The van der Waals surface area contributed by atoms with Gasteiger partial charge in [0.15, 0.2) is 0 Å². The average molecular weight is 533 g/mol. The summed E-state index contributed by atoms with van der Waals surface area (Å²) in [6.07, 6.45) is -1.46. The fourth-order valence-corrected chi connectivity index (χ4v) is 3.33. The molecule has 0 aliphatic rings. The third-order valence-electron chi connectivity index (χ3n) is 5.44. The van der Waals surface area contributed by atoms with E-state index in [4.69, 9.17) is 11.5 Å². The van der Waals surface area contributed by atoms with Crippen molar-refractivity contribution in [2.24, 2.45) is 17.4 Å². The maximum atomic E-state index is 13.1. The van der Waals surface area contributed by atoms with Crippen molar-refractivity contribution in [3.63, 3.8) is 0 Å². The van der Waals surface area contributed by atoms with Gasteiger partial charge in [-0.1, -0.05) is 13.8 Å². The summed E-state index contributed by atoms with van der Waals surface area (Å²) in [5, 5.41) is 39.0. The Morgan fingerprint density at radius 3 is 1.54 bits per heavy atom. The van der Waals surface area contributed by atoms with Gasteiger partial charge in [0.2, 0.25) is 23.6 Å². The van der Waals surface area contributed by atoms with Crippen molar-refractivity contribution < 1.29 is 39.3 Å². The van der Waals surface area contributed by atoms with Crippen LogP contribution in [0.15, 0.2) is 0 Å². The van der Waals surface area contributed by atoms with Gasteiger partial charge in [-0.05, 0) is 58.9 Å². The van der Waals surface area contributed by atoms with E-state index in [-0.39, 0.29) is 18.8 Å². The molecule has 37 heavy (non-hydrogen) atoms. The third kappa shape index (κ3) is 12.8. The van der Waals surface area contributed by atoms with Crippen LogP contribution in [0.1, 0.15) is 60.3 Å². The first-order valence-electron chi connectivity index (χ1n) is 12.4. The fraction of sp³-hybridized carbons (Fsp3) is 0.783. The van der Waals surface area contributed by atoms with Crippen molar-refractivity contribution >= 4 is 29.6 Å². The molecule has 14 heteroatoms. The van der Waals surface area contributed by atoms with Gasteiger partial charge >= 0.3 is 5.97 Å². The largest absolute Gasteiger partial charge is 0.480 e. The Labute approximate surface area is 217 Å². The molecule has 0 aromatic carbocycles. The molecule has 0 unspecified atom stereocenters. The highest BCUT2D eigenvalue weighted by molar-refractivity contribution is 5.95. The van der Waals surface area contributed by atoms with Crippen LogP contribution in [0, 0.1) is 5.92 Å². The predicted octanol–water partition coefficient (Wildman–Crippen LogP) is -2.71. The third-order valence-corrected chi connectivity index (χ3v) is 5.44. The first-order chi connectivity index (χ1) is 17.1. The minimum atomic E-state index is -1.51. The highest BCUT2D eigenvalue weighted by Crippen LogP contribution is 2.08. The number of aliphatic carboxylic acids is 1. The molecule has 214 valence electrons. The quantitative estimate of drug-likeness (QED) is 0.0876. The number of aliphatic hydroxyl groups is 2. The number of aliphatic hydroxyl groups excluding tert-OH is 2. The summed E-state index contributed by atoms with van der Waals surface area (Å²) in [7, 11) is 0. The Bertz CT molecular complexity index is 774. The van der Waals surface area contributed by atoms with E-state index in [1.54, 1.807) is 13.8 Å². The van der Waals surface area contributed by atoms with Gasteiger partial charge in [-0.2, -0.15) is 0 Å². The number of carbonyl (C=O) groups excluding carboxylic acids is 4. The van der Waals surface area contributed by atoms with E-state index < -0.39 is 72.0 Å². The molecule has 7 atom stereocenters. The predicted molar refractivity (Wildman–Crippen MR) is 135 cm³/mol. The molecule has 0 aliphatic carbocycles. The second-order valence-corrected chi connectivity index (χ2v) is 9.62. The van der Waals surface area contributed by atoms with Crippen molar-refractivity contribution in [3.05, 3.63) is 0 Å². The van der Waals surface area contributed by atoms with Crippen LogP contribution < -0.4 is 32.7 Å². The second-order valence-electron chi connectivity index (χ2n) is 9.62. The Morgan fingerprint density at radius 2 is 1.16 bits per heavy atom. The molecule has 0 heterocycles. The van der Waals surface area contributed by atoms with Crippen molar-refractivity contribution in [3.8, 4) is 0 Å². The number of nitrogens with one attached hydrogen (secondary N) is 4. The number of unbranched alkanes of at least 4 members (excludes halogenated alkanes) is 1. The molecule has 0 fully saturated rings. The van der Waals surface area contributed by atoms with E-state index in [0.29, 0.717) is 19.4 Å². The zero-order chi connectivity index (χ0) is 28.9.